The molecule has 1 N–H and O–H groups in total. The number of rotatable bonds is 7. The Morgan fingerprint density at radius 2 is 2.05 bits per heavy atom. The van der Waals surface area contributed by atoms with Gasteiger partial charge >= 0.3 is 5.97 Å². The maximum absolute atomic E-state index is 11.8. The van der Waals surface area contributed by atoms with E-state index in [2.05, 4.69) is 17.0 Å². The Kier molecular flexibility index (Phi) is 7.03. The number of para-hydroxylation sites is 1. The fraction of sp³-hybridized carbons (Fsp3) is 0.429. The van der Waals surface area contributed by atoms with Crippen molar-refractivity contribution in [3.05, 3.63) is 29.8 Å². The Hall–Kier alpha value is -1.49. The average molecular weight is 281 g/mol. The molecule has 1 rings (SSSR count). The smallest absolute Gasteiger partial charge is 0.339 e. The van der Waals surface area contributed by atoms with E-state index in [0.717, 1.165) is 18.6 Å². The van der Waals surface area contributed by atoms with E-state index in [-0.39, 0.29) is 5.91 Å². The zero-order valence-electron chi connectivity index (χ0n) is 11.3. The van der Waals surface area contributed by atoms with Crippen LogP contribution in [0, 0.1) is 0 Å². The van der Waals surface area contributed by atoms with Gasteiger partial charge in [-0.1, -0.05) is 25.5 Å². The van der Waals surface area contributed by atoms with Gasteiger partial charge in [-0.25, -0.2) is 4.79 Å². The van der Waals surface area contributed by atoms with Crippen molar-refractivity contribution >= 4 is 29.3 Å². The summed E-state index contributed by atoms with van der Waals surface area (Å²) in [5.41, 5.74) is 0.868. The van der Waals surface area contributed by atoms with Crippen LogP contribution >= 0.6 is 11.8 Å². The number of ether oxygens (including phenoxy) is 1. The van der Waals surface area contributed by atoms with E-state index >= 15 is 0 Å². The van der Waals surface area contributed by atoms with Gasteiger partial charge in [0.25, 0.3) is 0 Å². The first-order valence-electron chi connectivity index (χ1n) is 6.24. The Morgan fingerprint density at radius 1 is 1.32 bits per heavy atom. The van der Waals surface area contributed by atoms with Crippen molar-refractivity contribution in [2.45, 2.75) is 19.8 Å². The van der Waals surface area contributed by atoms with Crippen molar-refractivity contribution in [1.29, 1.82) is 0 Å². The third-order valence-electron chi connectivity index (χ3n) is 2.48. The van der Waals surface area contributed by atoms with Crippen LogP contribution in [0.1, 0.15) is 30.1 Å². The van der Waals surface area contributed by atoms with Crippen LogP contribution < -0.4 is 5.32 Å². The minimum absolute atomic E-state index is 0.0996. The lowest BCUT2D eigenvalue weighted by molar-refractivity contribution is -0.113. The number of nitrogens with one attached hydrogen (secondary N) is 1. The highest BCUT2D eigenvalue weighted by molar-refractivity contribution is 7.99. The summed E-state index contributed by atoms with van der Waals surface area (Å²) in [5.74, 6) is 0.824. The Labute approximate surface area is 117 Å². The zero-order chi connectivity index (χ0) is 14.1. The van der Waals surface area contributed by atoms with Gasteiger partial charge in [-0.15, -0.1) is 0 Å². The lowest BCUT2D eigenvalue weighted by atomic mass is 10.2. The first-order valence-corrected chi connectivity index (χ1v) is 7.39. The molecule has 1 amide bonds. The molecule has 1 aromatic rings. The Bertz CT molecular complexity index is 434. The van der Waals surface area contributed by atoms with Gasteiger partial charge < -0.3 is 10.1 Å². The molecule has 0 radical (unpaired) electrons. The summed E-state index contributed by atoms with van der Waals surface area (Å²) in [7, 11) is 1.32. The Balaban J connectivity index is 2.56. The predicted molar refractivity (Wildman–Crippen MR) is 78.6 cm³/mol. The molecule has 4 nitrogen and oxygen atoms in total. The molecule has 0 heterocycles. The molecule has 0 unspecified atom stereocenters. The van der Waals surface area contributed by atoms with Crippen molar-refractivity contribution < 1.29 is 14.3 Å². The maximum Gasteiger partial charge on any atom is 0.339 e. The molecule has 1 aromatic carbocycles. The number of amides is 1. The predicted octanol–water partition coefficient (Wildman–Crippen LogP) is 2.95. The average Bonchev–Trinajstić information content (AvgIpc) is 2.43. The van der Waals surface area contributed by atoms with E-state index in [1.165, 1.54) is 7.11 Å². The molecule has 19 heavy (non-hydrogen) atoms. The normalized spacial score (nSPS) is 10.0. The van der Waals surface area contributed by atoms with E-state index in [1.54, 1.807) is 36.0 Å². The van der Waals surface area contributed by atoms with Crippen LogP contribution in [0.5, 0.6) is 0 Å². The van der Waals surface area contributed by atoms with Crippen LogP contribution in [0.4, 0.5) is 5.69 Å². The molecule has 0 aliphatic heterocycles. The largest absolute Gasteiger partial charge is 0.465 e. The van der Waals surface area contributed by atoms with Gasteiger partial charge in [0, 0.05) is 0 Å². The number of anilines is 1. The van der Waals surface area contributed by atoms with Crippen molar-refractivity contribution in [1.82, 2.24) is 0 Å². The highest BCUT2D eigenvalue weighted by Gasteiger charge is 2.12. The molecule has 0 fully saturated rings. The number of carbonyl (C=O) groups is 2. The lowest BCUT2D eigenvalue weighted by Crippen LogP contribution is -2.17. The van der Waals surface area contributed by atoms with Crippen molar-refractivity contribution in [2.75, 3.05) is 23.9 Å². The number of methoxy groups -OCH3 is 1. The SMILES string of the molecule is CCCCSCC(=O)Nc1ccccc1C(=O)OC. The van der Waals surface area contributed by atoms with Crippen molar-refractivity contribution in [2.24, 2.45) is 0 Å². The number of hydrogen-bond acceptors (Lipinski definition) is 4. The van der Waals surface area contributed by atoms with Gasteiger partial charge in [0.1, 0.15) is 0 Å². The van der Waals surface area contributed by atoms with Crippen LogP contribution in [0.2, 0.25) is 0 Å². The molecule has 0 spiro atoms. The number of benzene rings is 1. The maximum atomic E-state index is 11.8. The molecule has 0 bridgehead atoms. The first kappa shape index (κ1) is 15.6. The number of hydrogen-bond donors (Lipinski definition) is 1. The topological polar surface area (TPSA) is 55.4 Å². The highest BCUT2D eigenvalue weighted by atomic mass is 32.2. The van der Waals surface area contributed by atoms with E-state index in [4.69, 9.17) is 0 Å². The van der Waals surface area contributed by atoms with E-state index < -0.39 is 5.97 Å². The molecule has 0 saturated heterocycles. The number of unbranched alkanes of at least 4 members (excludes halogenated alkanes) is 1. The van der Waals surface area contributed by atoms with Gasteiger partial charge in [0.2, 0.25) is 5.91 Å². The molecular formula is C14H19NO3S. The number of esters is 1. The van der Waals surface area contributed by atoms with Crippen molar-refractivity contribution in [3.63, 3.8) is 0 Å². The molecular weight excluding hydrogens is 262 g/mol. The lowest BCUT2D eigenvalue weighted by Gasteiger charge is -2.09. The summed E-state index contributed by atoms with van der Waals surface area (Å²) in [6.07, 6.45) is 2.23. The van der Waals surface area contributed by atoms with Gasteiger partial charge in [-0.05, 0) is 24.3 Å². The second-order valence-corrected chi connectivity index (χ2v) is 5.10. The minimum Gasteiger partial charge on any atom is -0.465 e. The Morgan fingerprint density at radius 3 is 2.74 bits per heavy atom. The monoisotopic (exact) mass is 281 g/mol. The summed E-state index contributed by atoms with van der Waals surface area (Å²) in [4.78, 5) is 23.3. The quantitative estimate of drug-likeness (QED) is 0.616. The van der Waals surface area contributed by atoms with Gasteiger partial charge in [-0.3, -0.25) is 4.79 Å². The summed E-state index contributed by atoms with van der Waals surface area (Å²) in [6, 6.07) is 6.83. The highest BCUT2D eigenvalue weighted by Crippen LogP contribution is 2.16. The second kappa shape index (κ2) is 8.58. The number of thioether (sulfide) groups is 1. The molecule has 0 saturated carbocycles. The molecule has 0 aliphatic carbocycles. The molecule has 0 atom stereocenters. The molecule has 0 aliphatic rings. The molecule has 104 valence electrons. The van der Waals surface area contributed by atoms with Gasteiger partial charge in [0.15, 0.2) is 0 Å². The number of carbonyl (C=O) groups excluding carboxylic acids is 2. The summed E-state index contributed by atoms with van der Waals surface area (Å²) in [6.45, 7) is 2.12. The van der Waals surface area contributed by atoms with Crippen LogP contribution in [0.3, 0.4) is 0 Å². The second-order valence-electron chi connectivity index (χ2n) is 3.99. The minimum atomic E-state index is -0.450. The molecule has 5 heteroatoms. The summed E-state index contributed by atoms with van der Waals surface area (Å²) in [5, 5.41) is 2.74. The van der Waals surface area contributed by atoms with Gasteiger partial charge in [0.05, 0.1) is 24.1 Å². The third-order valence-corrected chi connectivity index (χ3v) is 3.53. The standard InChI is InChI=1S/C14H19NO3S/c1-3-4-9-19-10-13(16)15-12-8-6-5-7-11(12)14(17)18-2/h5-8H,3-4,9-10H2,1-2H3,(H,15,16). The van der Waals surface area contributed by atoms with E-state index in [1.807, 2.05) is 0 Å². The van der Waals surface area contributed by atoms with Crippen LogP contribution in [-0.4, -0.2) is 30.5 Å². The summed E-state index contributed by atoms with van der Waals surface area (Å²) < 4.78 is 4.68. The summed E-state index contributed by atoms with van der Waals surface area (Å²) >= 11 is 1.60. The van der Waals surface area contributed by atoms with Crippen molar-refractivity contribution in [3.8, 4) is 0 Å². The third kappa shape index (κ3) is 5.34. The van der Waals surface area contributed by atoms with E-state index in [9.17, 15) is 9.59 Å². The van der Waals surface area contributed by atoms with E-state index in [0.29, 0.717) is 17.0 Å². The zero-order valence-corrected chi connectivity index (χ0v) is 12.1. The van der Waals surface area contributed by atoms with Crippen LogP contribution in [-0.2, 0) is 9.53 Å². The fourth-order valence-corrected chi connectivity index (χ4v) is 2.37. The van der Waals surface area contributed by atoms with Crippen LogP contribution in [0.25, 0.3) is 0 Å². The fourth-order valence-electron chi connectivity index (χ4n) is 1.48. The first-order chi connectivity index (χ1) is 9.19. The van der Waals surface area contributed by atoms with Crippen LogP contribution in [0.15, 0.2) is 24.3 Å². The van der Waals surface area contributed by atoms with Gasteiger partial charge in [-0.2, -0.15) is 11.8 Å². The molecule has 0 aromatic heterocycles.